The van der Waals surface area contributed by atoms with Gasteiger partial charge in [0.1, 0.15) is 5.54 Å². The van der Waals surface area contributed by atoms with E-state index in [1.54, 1.807) is 14.0 Å². The second-order valence-corrected chi connectivity index (χ2v) is 3.50. The fourth-order valence-corrected chi connectivity index (χ4v) is 1.21. The van der Waals surface area contributed by atoms with E-state index in [4.69, 9.17) is 9.47 Å². The first-order chi connectivity index (χ1) is 6.52. The van der Waals surface area contributed by atoms with Crippen LogP contribution < -0.4 is 5.32 Å². The summed E-state index contributed by atoms with van der Waals surface area (Å²) in [5, 5.41) is 3.15. The molecule has 0 aromatic carbocycles. The van der Waals surface area contributed by atoms with Crippen molar-refractivity contribution in [1.29, 1.82) is 0 Å². The van der Waals surface area contributed by atoms with Crippen LogP contribution in [0.15, 0.2) is 0 Å². The minimum absolute atomic E-state index is 0.221. The van der Waals surface area contributed by atoms with Crippen molar-refractivity contribution < 1.29 is 14.3 Å². The van der Waals surface area contributed by atoms with Gasteiger partial charge in [0.25, 0.3) is 0 Å². The maximum absolute atomic E-state index is 11.6. The monoisotopic (exact) mass is 203 g/mol. The number of hydrogen-bond donors (Lipinski definition) is 1. The molecule has 0 heterocycles. The molecular formula is C10H21NO3. The van der Waals surface area contributed by atoms with E-state index in [9.17, 15) is 4.79 Å². The molecule has 0 aliphatic heterocycles. The fourth-order valence-electron chi connectivity index (χ4n) is 1.21. The van der Waals surface area contributed by atoms with Crippen LogP contribution in [-0.4, -0.2) is 38.4 Å². The molecule has 0 rings (SSSR count). The van der Waals surface area contributed by atoms with Gasteiger partial charge in [-0.2, -0.15) is 0 Å². The molecule has 0 radical (unpaired) electrons. The number of rotatable bonds is 6. The highest BCUT2D eigenvalue weighted by Crippen LogP contribution is 2.14. The minimum atomic E-state index is -0.764. The average molecular weight is 203 g/mol. The average Bonchev–Trinajstić information content (AvgIpc) is 2.23. The number of carbonyl (C=O) groups is 1. The number of hydrogen-bond acceptors (Lipinski definition) is 4. The zero-order chi connectivity index (χ0) is 11.2. The van der Waals surface area contributed by atoms with Gasteiger partial charge in [-0.25, -0.2) is 4.79 Å². The standard InChI is InChI=1S/C10H21NO3/c1-6-7-11-10(3,8(2)13-4)9(12)14-5/h8,11H,6-7H2,1-5H3. The second-order valence-electron chi connectivity index (χ2n) is 3.50. The molecule has 0 bridgehead atoms. The molecule has 0 aromatic rings. The van der Waals surface area contributed by atoms with Crippen molar-refractivity contribution in [3.8, 4) is 0 Å². The number of nitrogens with one attached hydrogen (secondary N) is 1. The molecule has 0 amide bonds. The summed E-state index contributed by atoms with van der Waals surface area (Å²) in [5.74, 6) is -0.291. The zero-order valence-corrected chi connectivity index (χ0v) is 9.72. The maximum Gasteiger partial charge on any atom is 0.328 e. The van der Waals surface area contributed by atoms with Crippen molar-refractivity contribution in [2.24, 2.45) is 0 Å². The lowest BCUT2D eigenvalue weighted by atomic mass is 9.95. The maximum atomic E-state index is 11.6. The number of esters is 1. The molecule has 14 heavy (non-hydrogen) atoms. The summed E-state index contributed by atoms with van der Waals surface area (Å²) in [6.07, 6.45) is 0.740. The molecule has 84 valence electrons. The van der Waals surface area contributed by atoms with Gasteiger partial charge in [-0.05, 0) is 26.8 Å². The molecule has 1 N–H and O–H groups in total. The van der Waals surface area contributed by atoms with Crippen LogP contribution in [0.3, 0.4) is 0 Å². The van der Waals surface area contributed by atoms with Gasteiger partial charge in [-0.15, -0.1) is 0 Å². The lowest BCUT2D eigenvalue weighted by molar-refractivity contribution is -0.153. The molecule has 0 saturated heterocycles. The molecule has 0 aliphatic carbocycles. The third kappa shape index (κ3) is 2.96. The molecule has 4 heteroatoms. The van der Waals surface area contributed by atoms with E-state index in [1.165, 1.54) is 7.11 Å². The SMILES string of the molecule is CCCNC(C)(C(=O)OC)C(C)OC. The van der Waals surface area contributed by atoms with Crippen LogP contribution in [0.25, 0.3) is 0 Å². The van der Waals surface area contributed by atoms with E-state index in [0.29, 0.717) is 0 Å². The first kappa shape index (κ1) is 13.4. The van der Waals surface area contributed by atoms with Crippen LogP contribution in [0.4, 0.5) is 0 Å². The quantitative estimate of drug-likeness (QED) is 0.653. The predicted octanol–water partition coefficient (Wildman–Crippen LogP) is 0.953. The summed E-state index contributed by atoms with van der Waals surface area (Å²) in [7, 11) is 2.97. The van der Waals surface area contributed by atoms with Crippen molar-refractivity contribution in [3.63, 3.8) is 0 Å². The normalized spacial score (nSPS) is 17.2. The Morgan fingerprint density at radius 3 is 2.43 bits per heavy atom. The van der Waals surface area contributed by atoms with Gasteiger partial charge in [0.2, 0.25) is 0 Å². The molecule has 0 saturated carbocycles. The molecule has 2 unspecified atom stereocenters. The summed E-state index contributed by atoms with van der Waals surface area (Å²) in [5.41, 5.74) is -0.764. The van der Waals surface area contributed by atoms with Crippen molar-refractivity contribution in [2.75, 3.05) is 20.8 Å². The molecule has 0 aliphatic rings. The summed E-state index contributed by atoms with van der Waals surface area (Å²) in [6, 6.07) is 0. The molecular weight excluding hydrogens is 182 g/mol. The highest BCUT2D eigenvalue weighted by atomic mass is 16.5. The van der Waals surface area contributed by atoms with Crippen LogP contribution in [0.5, 0.6) is 0 Å². The zero-order valence-electron chi connectivity index (χ0n) is 9.72. The van der Waals surface area contributed by atoms with Crippen molar-refractivity contribution in [1.82, 2.24) is 5.32 Å². The first-order valence-corrected chi connectivity index (χ1v) is 4.89. The Hall–Kier alpha value is -0.610. The van der Waals surface area contributed by atoms with Crippen molar-refractivity contribution in [2.45, 2.75) is 38.8 Å². The van der Waals surface area contributed by atoms with E-state index in [-0.39, 0.29) is 12.1 Å². The largest absolute Gasteiger partial charge is 0.468 e. The molecule has 0 spiro atoms. The van der Waals surface area contributed by atoms with Gasteiger partial charge in [0.15, 0.2) is 0 Å². The van der Waals surface area contributed by atoms with Crippen LogP contribution in [-0.2, 0) is 14.3 Å². The Labute approximate surface area is 86.0 Å². The predicted molar refractivity (Wildman–Crippen MR) is 55.2 cm³/mol. The first-order valence-electron chi connectivity index (χ1n) is 4.89. The third-order valence-corrected chi connectivity index (χ3v) is 2.52. The lowest BCUT2D eigenvalue weighted by Crippen LogP contribution is -2.58. The summed E-state index contributed by atoms with van der Waals surface area (Å²) >= 11 is 0. The highest BCUT2D eigenvalue weighted by Gasteiger charge is 2.39. The van der Waals surface area contributed by atoms with Crippen LogP contribution in [0.1, 0.15) is 27.2 Å². The van der Waals surface area contributed by atoms with Crippen LogP contribution in [0, 0.1) is 0 Å². The van der Waals surface area contributed by atoms with E-state index in [2.05, 4.69) is 5.32 Å². The summed E-state index contributed by atoms with van der Waals surface area (Å²) in [4.78, 5) is 11.6. The number of carbonyl (C=O) groups excluding carboxylic acids is 1. The van der Waals surface area contributed by atoms with E-state index < -0.39 is 5.54 Å². The Kier molecular flexibility index (Phi) is 5.72. The molecule has 0 fully saturated rings. The Morgan fingerprint density at radius 1 is 1.50 bits per heavy atom. The lowest BCUT2D eigenvalue weighted by Gasteiger charge is -2.32. The summed E-state index contributed by atoms with van der Waals surface area (Å²) in [6.45, 7) is 6.45. The van der Waals surface area contributed by atoms with Gasteiger partial charge in [-0.3, -0.25) is 5.32 Å². The Bertz CT molecular complexity index is 184. The van der Waals surface area contributed by atoms with Crippen molar-refractivity contribution in [3.05, 3.63) is 0 Å². The third-order valence-electron chi connectivity index (χ3n) is 2.52. The van der Waals surface area contributed by atoms with Gasteiger partial charge in [0.05, 0.1) is 13.2 Å². The highest BCUT2D eigenvalue weighted by molar-refractivity contribution is 5.81. The minimum Gasteiger partial charge on any atom is -0.468 e. The summed E-state index contributed by atoms with van der Waals surface area (Å²) < 4.78 is 9.93. The van der Waals surface area contributed by atoms with Crippen LogP contribution in [0.2, 0.25) is 0 Å². The second kappa shape index (κ2) is 5.98. The van der Waals surface area contributed by atoms with Crippen LogP contribution >= 0.6 is 0 Å². The van der Waals surface area contributed by atoms with Gasteiger partial charge in [-0.1, -0.05) is 6.92 Å². The van der Waals surface area contributed by atoms with E-state index >= 15 is 0 Å². The number of methoxy groups -OCH3 is 2. The smallest absolute Gasteiger partial charge is 0.328 e. The van der Waals surface area contributed by atoms with E-state index in [0.717, 1.165) is 13.0 Å². The topological polar surface area (TPSA) is 47.6 Å². The van der Waals surface area contributed by atoms with Gasteiger partial charge >= 0.3 is 5.97 Å². The van der Waals surface area contributed by atoms with Crippen molar-refractivity contribution >= 4 is 5.97 Å². The van der Waals surface area contributed by atoms with E-state index in [1.807, 2.05) is 13.8 Å². The van der Waals surface area contributed by atoms with Gasteiger partial charge in [0, 0.05) is 7.11 Å². The fraction of sp³-hybridized carbons (Fsp3) is 0.900. The Balaban J connectivity index is 4.56. The molecule has 4 nitrogen and oxygen atoms in total. The number of ether oxygens (including phenoxy) is 2. The van der Waals surface area contributed by atoms with Gasteiger partial charge < -0.3 is 9.47 Å². The molecule has 2 atom stereocenters. The molecule has 0 aromatic heterocycles. The Morgan fingerprint density at radius 2 is 2.07 bits per heavy atom.